The van der Waals surface area contributed by atoms with Crippen molar-refractivity contribution in [3.63, 3.8) is 0 Å². The molecule has 2 heterocycles. The number of carbonyl (C=O) groups is 1. The number of nitrogens with one attached hydrogen (secondary N) is 1. The Balaban J connectivity index is 1.71. The zero-order valence-electron chi connectivity index (χ0n) is 13.7. The summed E-state index contributed by atoms with van der Waals surface area (Å²) in [5.41, 5.74) is -0.115. The first-order valence-electron chi connectivity index (χ1n) is 7.58. The van der Waals surface area contributed by atoms with E-state index in [-0.39, 0.29) is 41.5 Å². The second kappa shape index (κ2) is 6.76. The third-order valence-corrected chi connectivity index (χ3v) is 3.74. The first-order chi connectivity index (χ1) is 12.0. The van der Waals surface area contributed by atoms with E-state index in [0.717, 1.165) is 0 Å². The quantitative estimate of drug-likeness (QED) is 0.765. The van der Waals surface area contributed by atoms with Crippen molar-refractivity contribution in [3.05, 3.63) is 58.1 Å². The van der Waals surface area contributed by atoms with Crippen LogP contribution in [0.4, 0.5) is 4.39 Å². The van der Waals surface area contributed by atoms with Crippen molar-refractivity contribution in [2.75, 3.05) is 20.2 Å². The van der Waals surface area contributed by atoms with Gasteiger partial charge < -0.3 is 19.0 Å². The number of aromatic nitrogens is 2. The minimum absolute atomic E-state index is 0.126. The number of carbonyl (C=O) groups excluding carboxylic acids is 1. The van der Waals surface area contributed by atoms with Crippen LogP contribution in [0, 0.1) is 12.7 Å². The molecule has 1 N–H and O–H groups in total. The summed E-state index contributed by atoms with van der Waals surface area (Å²) >= 11 is 0. The molecule has 0 unspecified atom stereocenters. The maximum Gasteiger partial charge on any atom is 0.262 e. The lowest BCUT2D eigenvalue weighted by Crippen LogP contribution is -2.31. The number of H-pyrrole nitrogens is 1. The third-order valence-electron chi connectivity index (χ3n) is 3.74. The molecule has 3 rings (SSSR count). The summed E-state index contributed by atoms with van der Waals surface area (Å²) in [6.07, 6.45) is 1.22. The van der Waals surface area contributed by atoms with Gasteiger partial charge in [-0.15, -0.1) is 0 Å². The molecule has 0 atom stereocenters. The van der Waals surface area contributed by atoms with Crippen LogP contribution in [-0.2, 0) is 0 Å². The number of hydrogen-bond donors (Lipinski definition) is 1. The maximum atomic E-state index is 12.8. The zero-order chi connectivity index (χ0) is 18.0. The maximum absolute atomic E-state index is 12.8. The molecule has 2 aromatic heterocycles. The molecule has 1 aromatic carbocycles. The second-order valence-electron chi connectivity index (χ2n) is 5.47. The van der Waals surface area contributed by atoms with Crippen LogP contribution in [0.15, 0.2) is 39.8 Å². The van der Waals surface area contributed by atoms with E-state index in [4.69, 9.17) is 9.15 Å². The Bertz CT molecular complexity index is 962. The van der Waals surface area contributed by atoms with Gasteiger partial charge in [-0.3, -0.25) is 9.59 Å². The highest BCUT2D eigenvalue weighted by Crippen LogP contribution is 2.21. The number of ether oxygens (including phenoxy) is 1. The van der Waals surface area contributed by atoms with Crippen LogP contribution >= 0.6 is 0 Å². The molecular formula is C17H16FN3O4. The van der Waals surface area contributed by atoms with E-state index in [1.54, 1.807) is 14.0 Å². The van der Waals surface area contributed by atoms with E-state index in [2.05, 4.69) is 9.97 Å². The van der Waals surface area contributed by atoms with Gasteiger partial charge in [0.25, 0.3) is 11.5 Å². The summed E-state index contributed by atoms with van der Waals surface area (Å²) < 4.78 is 23.7. The Morgan fingerprint density at radius 1 is 1.36 bits per heavy atom. The monoisotopic (exact) mass is 345 g/mol. The van der Waals surface area contributed by atoms with Crippen LogP contribution in [0.25, 0.3) is 11.1 Å². The highest BCUT2D eigenvalue weighted by Gasteiger charge is 2.24. The Morgan fingerprint density at radius 2 is 2.08 bits per heavy atom. The Morgan fingerprint density at radius 3 is 2.80 bits per heavy atom. The molecule has 0 radical (unpaired) electrons. The van der Waals surface area contributed by atoms with Gasteiger partial charge in [0.15, 0.2) is 0 Å². The number of furan rings is 1. The lowest BCUT2D eigenvalue weighted by molar-refractivity contribution is 0.0773. The molecule has 0 aliphatic heterocycles. The number of amides is 1. The van der Waals surface area contributed by atoms with Crippen molar-refractivity contribution in [2.24, 2.45) is 0 Å². The van der Waals surface area contributed by atoms with Gasteiger partial charge in [0.1, 0.15) is 29.3 Å². The summed E-state index contributed by atoms with van der Waals surface area (Å²) in [4.78, 5) is 32.4. The normalized spacial score (nSPS) is 10.8. The van der Waals surface area contributed by atoms with E-state index in [0.29, 0.717) is 11.5 Å². The van der Waals surface area contributed by atoms with Crippen molar-refractivity contribution >= 4 is 17.0 Å². The lowest BCUT2D eigenvalue weighted by atomic mass is 10.1. The molecule has 0 saturated heterocycles. The van der Waals surface area contributed by atoms with Crippen LogP contribution < -0.4 is 10.3 Å². The zero-order valence-corrected chi connectivity index (χ0v) is 13.7. The Labute approximate surface area is 142 Å². The smallest absolute Gasteiger partial charge is 0.262 e. The summed E-state index contributed by atoms with van der Waals surface area (Å²) in [5.74, 6) is 0.126. The second-order valence-corrected chi connectivity index (χ2v) is 5.47. The number of likely N-dealkylation sites (N-methyl/N-ethyl adjacent to an activating group) is 1. The predicted molar refractivity (Wildman–Crippen MR) is 88.2 cm³/mol. The molecule has 0 aliphatic carbocycles. The molecule has 0 fully saturated rings. The van der Waals surface area contributed by atoms with Crippen LogP contribution in [-0.4, -0.2) is 41.0 Å². The fraction of sp³-hybridized carbons (Fsp3) is 0.235. The summed E-state index contributed by atoms with van der Waals surface area (Å²) in [6, 6.07) is 5.61. The van der Waals surface area contributed by atoms with E-state index < -0.39 is 5.56 Å². The topological polar surface area (TPSA) is 88.4 Å². The number of hydrogen-bond acceptors (Lipinski definition) is 5. The summed E-state index contributed by atoms with van der Waals surface area (Å²) in [7, 11) is 1.60. The van der Waals surface area contributed by atoms with Gasteiger partial charge in [-0.25, -0.2) is 9.37 Å². The van der Waals surface area contributed by atoms with Gasteiger partial charge in [0.05, 0.1) is 18.4 Å². The van der Waals surface area contributed by atoms with Crippen LogP contribution in [0.5, 0.6) is 5.75 Å². The van der Waals surface area contributed by atoms with E-state index >= 15 is 0 Å². The SMILES string of the molecule is Cc1oc2nc[nH]c(=O)c2c1C(=O)N(C)CCOc1ccc(F)cc1. The Kier molecular flexibility index (Phi) is 4.51. The number of nitrogens with zero attached hydrogens (tertiary/aromatic N) is 2. The molecule has 0 saturated carbocycles. The number of benzene rings is 1. The fourth-order valence-corrected chi connectivity index (χ4v) is 2.43. The molecule has 3 aromatic rings. The summed E-state index contributed by atoms with van der Waals surface area (Å²) in [5, 5.41) is 0.135. The summed E-state index contributed by atoms with van der Waals surface area (Å²) in [6.45, 7) is 2.11. The molecular weight excluding hydrogens is 329 g/mol. The largest absolute Gasteiger partial charge is 0.492 e. The number of rotatable bonds is 5. The van der Waals surface area contributed by atoms with Gasteiger partial charge >= 0.3 is 0 Å². The van der Waals surface area contributed by atoms with Crippen molar-refractivity contribution in [3.8, 4) is 5.75 Å². The molecule has 25 heavy (non-hydrogen) atoms. The number of fused-ring (bicyclic) bond motifs is 1. The van der Waals surface area contributed by atoms with Crippen molar-refractivity contribution in [1.82, 2.24) is 14.9 Å². The minimum Gasteiger partial charge on any atom is -0.492 e. The number of aromatic amines is 1. The van der Waals surface area contributed by atoms with E-state index in [9.17, 15) is 14.0 Å². The molecule has 0 aliphatic rings. The van der Waals surface area contributed by atoms with Crippen LogP contribution in [0.2, 0.25) is 0 Å². The van der Waals surface area contributed by atoms with E-state index in [1.807, 2.05) is 0 Å². The van der Waals surface area contributed by atoms with Crippen molar-refractivity contribution in [2.45, 2.75) is 6.92 Å². The molecule has 7 nitrogen and oxygen atoms in total. The highest BCUT2D eigenvalue weighted by molar-refractivity contribution is 6.06. The van der Waals surface area contributed by atoms with Crippen molar-refractivity contribution < 1.29 is 18.3 Å². The van der Waals surface area contributed by atoms with E-state index in [1.165, 1.54) is 35.5 Å². The highest BCUT2D eigenvalue weighted by atomic mass is 19.1. The lowest BCUT2D eigenvalue weighted by Gasteiger charge is -2.17. The van der Waals surface area contributed by atoms with Gasteiger partial charge in [-0.05, 0) is 31.2 Å². The first-order valence-corrected chi connectivity index (χ1v) is 7.58. The standard InChI is InChI=1S/C17H16FN3O4/c1-10-13(14-15(22)19-9-20-16(14)25-10)17(23)21(2)7-8-24-12-5-3-11(18)4-6-12/h3-6,9H,7-8H2,1-2H3,(H,19,20,22). The molecule has 0 spiro atoms. The van der Waals surface area contributed by atoms with Crippen molar-refractivity contribution in [1.29, 1.82) is 0 Å². The average molecular weight is 345 g/mol. The molecule has 0 bridgehead atoms. The van der Waals surface area contributed by atoms with Crippen LogP contribution in [0.3, 0.4) is 0 Å². The predicted octanol–water partition coefficient (Wildman–Crippen LogP) is 2.11. The Hall–Kier alpha value is -3.16. The number of halogens is 1. The molecule has 1 amide bonds. The molecule has 130 valence electrons. The third kappa shape index (κ3) is 3.37. The van der Waals surface area contributed by atoms with Gasteiger partial charge in [-0.2, -0.15) is 0 Å². The van der Waals surface area contributed by atoms with Gasteiger partial charge in [0, 0.05) is 7.05 Å². The van der Waals surface area contributed by atoms with Crippen LogP contribution in [0.1, 0.15) is 16.1 Å². The first kappa shape index (κ1) is 16.7. The van der Waals surface area contributed by atoms with Gasteiger partial charge in [-0.1, -0.05) is 0 Å². The fourth-order valence-electron chi connectivity index (χ4n) is 2.43. The minimum atomic E-state index is -0.429. The average Bonchev–Trinajstić information content (AvgIpc) is 2.93. The van der Waals surface area contributed by atoms with Gasteiger partial charge in [0.2, 0.25) is 5.71 Å². The number of aryl methyl sites for hydroxylation is 1. The molecule has 8 heteroatoms.